The molecule has 0 aromatic carbocycles. The van der Waals surface area contributed by atoms with Gasteiger partial charge in [-0.25, -0.2) is 0 Å². The molecule has 1 heterocycles. The number of nitrogens with zero attached hydrogens (tertiary/aromatic N) is 1. The first kappa shape index (κ1) is 12.9. The van der Waals surface area contributed by atoms with Crippen molar-refractivity contribution >= 4 is 5.91 Å². The number of unbranched alkanes of at least 4 members (excludes halogenated alkanes) is 1. The topological polar surface area (TPSA) is 46.3 Å². The molecule has 0 spiro atoms. The number of hydrogen-bond donors (Lipinski definition) is 1. The van der Waals surface area contributed by atoms with Crippen molar-refractivity contribution in [1.29, 1.82) is 0 Å². The highest BCUT2D eigenvalue weighted by atomic mass is 16.2. The molecule has 3 heteroatoms. The summed E-state index contributed by atoms with van der Waals surface area (Å²) in [4.78, 5) is 14.5. The average molecular weight is 238 g/mol. The van der Waals surface area contributed by atoms with Crippen molar-refractivity contribution in [3.63, 3.8) is 0 Å². The van der Waals surface area contributed by atoms with E-state index in [-0.39, 0.29) is 11.9 Å². The van der Waals surface area contributed by atoms with Gasteiger partial charge in [0.05, 0.1) is 6.04 Å². The van der Waals surface area contributed by atoms with Crippen LogP contribution in [0.3, 0.4) is 0 Å². The summed E-state index contributed by atoms with van der Waals surface area (Å²) in [5.41, 5.74) is 6.03. The van der Waals surface area contributed by atoms with Crippen LogP contribution in [0.25, 0.3) is 0 Å². The minimum atomic E-state index is -0.255. The standard InChI is InChI=1S/C14H26N2O/c1-2-3-8-12(15)14(17)16-10-5-7-11-6-4-9-13(11)16/h11-13H,2-10,15H2,1H3/t11?,12-,13?/m0/s1. The number of carbonyl (C=O) groups is 1. The maximum absolute atomic E-state index is 12.3. The van der Waals surface area contributed by atoms with E-state index in [1.165, 1.54) is 32.1 Å². The van der Waals surface area contributed by atoms with Crippen molar-refractivity contribution in [1.82, 2.24) is 4.90 Å². The number of amides is 1. The van der Waals surface area contributed by atoms with Crippen molar-refractivity contribution in [2.24, 2.45) is 11.7 Å². The Morgan fingerprint density at radius 3 is 2.88 bits per heavy atom. The highest BCUT2D eigenvalue weighted by Crippen LogP contribution is 2.36. The zero-order valence-electron chi connectivity index (χ0n) is 11.0. The van der Waals surface area contributed by atoms with Crippen LogP contribution < -0.4 is 5.73 Å². The molecule has 0 bridgehead atoms. The van der Waals surface area contributed by atoms with Gasteiger partial charge in [0.25, 0.3) is 0 Å². The maximum Gasteiger partial charge on any atom is 0.239 e. The molecular formula is C14H26N2O. The number of fused-ring (bicyclic) bond motifs is 1. The van der Waals surface area contributed by atoms with Gasteiger partial charge in [0.1, 0.15) is 0 Å². The van der Waals surface area contributed by atoms with Gasteiger partial charge < -0.3 is 10.6 Å². The summed E-state index contributed by atoms with van der Waals surface area (Å²) >= 11 is 0. The first-order valence-electron chi connectivity index (χ1n) is 7.30. The molecule has 1 aliphatic heterocycles. The van der Waals surface area contributed by atoms with E-state index in [9.17, 15) is 4.79 Å². The first-order valence-corrected chi connectivity index (χ1v) is 7.30. The van der Waals surface area contributed by atoms with Crippen LogP contribution >= 0.6 is 0 Å². The van der Waals surface area contributed by atoms with Gasteiger partial charge in [0, 0.05) is 12.6 Å². The van der Waals surface area contributed by atoms with Crippen LogP contribution in [0.15, 0.2) is 0 Å². The number of nitrogens with two attached hydrogens (primary N) is 1. The molecule has 17 heavy (non-hydrogen) atoms. The summed E-state index contributed by atoms with van der Waals surface area (Å²) in [5, 5.41) is 0. The molecule has 1 aliphatic carbocycles. The average Bonchev–Trinajstić information content (AvgIpc) is 2.82. The first-order chi connectivity index (χ1) is 8.24. The molecule has 0 aromatic heterocycles. The molecule has 2 N–H and O–H groups in total. The largest absolute Gasteiger partial charge is 0.338 e. The Kier molecular flexibility index (Phi) is 4.43. The van der Waals surface area contributed by atoms with Gasteiger partial charge in [-0.1, -0.05) is 26.2 Å². The third kappa shape index (κ3) is 2.82. The second-order valence-corrected chi connectivity index (χ2v) is 5.68. The summed E-state index contributed by atoms with van der Waals surface area (Å²) in [6, 6.07) is 0.262. The highest BCUT2D eigenvalue weighted by Gasteiger charge is 2.38. The van der Waals surface area contributed by atoms with Crippen LogP contribution in [0, 0.1) is 5.92 Å². The molecular weight excluding hydrogens is 212 g/mol. The van der Waals surface area contributed by atoms with E-state index < -0.39 is 0 Å². The number of hydrogen-bond acceptors (Lipinski definition) is 2. The quantitative estimate of drug-likeness (QED) is 0.817. The lowest BCUT2D eigenvalue weighted by Gasteiger charge is -2.39. The van der Waals surface area contributed by atoms with Gasteiger partial charge in [0.2, 0.25) is 5.91 Å². The van der Waals surface area contributed by atoms with Gasteiger partial charge in [-0.2, -0.15) is 0 Å². The Morgan fingerprint density at radius 1 is 1.35 bits per heavy atom. The Hall–Kier alpha value is -0.570. The van der Waals surface area contributed by atoms with Crippen LogP contribution in [0.2, 0.25) is 0 Å². The van der Waals surface area contributed by atoms with Gasteiger partial charge >= 0.3 is 0 Å². The molecule has 1 saturated carbocycles. The Bertz CT molecular complexity index is 267. The van der Waals surface area contributed by atoms with Crippen molar-refractivity contribution in [2.75, 3.05) is 6.54 Å². The number of likely N-dealkylation sites (tertiary alicyclic amines) is 1. The Labute approximate surface area is 105 Å². The van der Waals surface area contributed by atoms with Crippen molar-refractivity contribution in [3.05, 3.63) is 0 Å². The fourth-order valence-electron chi connectivity index (χ4n) is 3.49. The van der Waals surface area contributed by atoms with Crippen LogP contribution in [-0.4, -0.2) is 29.4 Å². The molecule has 0 aromatic rings. The SMILES string of the molecule is CCCC[C@H](N)C(=O)N1CCCC2CCCC21. The van der Waals surface area contributed by atoms with E-state index in [1.54, 1.807) is 0 Å². The second-order valence-electron chi connectivity index (χ2n) is 5.68. The minimum Gasteiger partial charge on any atom is -0.338 e. The van der Waals surface area contributed by atoms with Gasteiger partial charge in [0.15, 0.2) is 0 Å². The lowest BCUT2D eigenvalue weighted by Crippen LogP contribution is -2.52. The van der Waals surface area contributed by atoms with Gasteiger partial charge in [-0.15, -0.1) is 0 Å². The van der Waals surface area contributed by atoms with Crippen LogP contribution in [-0.2, 0) is 4.79 Å². The van der Waals surface area contributed by atoms with Crippen molar-refractivity contribution in [3.8, 4) is 0 Å². The minimum absolute atomic E-state index is 0.218. The van der Waals surface area contributed by atoms with E-state index in [0.717, 1.165) is 31.7 Å². The van der Waals surface area contributed by atoms with Crippen LogP contribution in [0.5, 0.6) is 0 Å². The highest BCUT2D eigenvalue weighted by molar-refractivity contribution is 5.82. The number of piperidine rings is 1. The Morgan fingerprint density at radius 2 is 2.12 bits per heavy atom. The fraction of sp³-hybridized carbons (Fsp3) is 0.929. The molecule has 2 unspecified atom stereocenters. The normalized spacial score (nSPS) is 30.1. The molecule has 2 aliphatic rings. The monoisotopic (exact) mass is 238 g/mol. The second kappa shape index (κ2) is 5.85. The van der Waals surface area contributed by atoms with E-state index in [2.05, 4.69) is 11.8 Å². The summed E-state index contributed by atoms with van der Waals surface area (Å²) in [5.74, 6) is 0.987. The molecule has 98 valence electrons. The third-order valence-electron chi connectivity index (χ3n) is 4.46. The zero-order valence-corrected chi connectivity index (χ0v) is 11.0. The summed E-state index contributed by atoms with van der Waals surface area (Å²) in [6.45, 7) is 3.09. The van der Waals surface area contributed by atoms with Gasteiger partial charge in [-0.3, -0.25) is 4.79 Å². The van der Waals surface area contributed by atoms with Crippen molar-refractivity contribution < 1.29 is 4.79 Å². The Balaban J connectivity index is 1.93. The van der Waals surface area contributed by atoms with E-state index in [0.29, 0.717) is 6.04 Å². The smallest absolute Gasteiger partial charge is 0.239 e. The predicted molar refractivity (Wildman–Crippen MR) is 69.6 cm³/mol. The predicted octanol–water partition coefficient (Wildman–Crippen LogP) is 2.29. The summed E-state index contributed by atoms with van der Waals surface area (Å²) in [6.07, 6.45) is 9.34. The van der Waals surface area contributed by atoms with E-state index in [4.69, 9.17) is 5.73 Å². The summed E-state index contributed by atoms with van der Waals surface area (Å²) < 4.78 is 0. The molecule has 1 saturated heterocycles. The van der Waals surface area contributed by atoms with Gasteiger partial charge in [-0.05, 0) is 38.0 Å². The number of carbonyl (C=O) groups excluding carboxylic acids is 1. The molecule has 2 fully saturated rings. The van der Waals surface area contributed by atoms with E-state index in [1.807, 2.05) is 0 Å². The molecule has 0 radical (unpaired) electrons. The van der Waals surface area contributed by atoms with Crippen molar-refractivity contribution in [2.45, 2.75) is 70.4 Å². The molecule has 3 nitrogen and oxygen atoms in total. The lowest BCUT2D eigenvalue weighted by molar-refractivity contribution is -0.137. The third-order valence-corrected chi connectivity index (χ3v) is 4.46. The molecule has 1 amide bonds. The summed E-state index contributed by atoms with van der Waals surface area (Å²) in [7, 11) is 0. The van der Waals surface area contributed by atoms with Crippen LogP contribution in [0.1, 0.15) is 58.3 Å². The number of rotatable bonds is 4. The molecule has 2 rings (SSSR count). The lowest BCUT2D eigenvalue weighted by atomic mass is 9.91. The fourth-order valence-corrected chi connectivity index (χ4v) is 3.49. The van der Waals surface area contributed by atoms with Crippen LogP contribution in [0.4, 0.5) is 0 Å². The molecule has 3 atom stereocenters. The maximum atomic E-state index is 12.3. The zero-order chi connectivity index (χ0) is 12.3. The van der Waals surface area contributed by atoms with E-state index >= 15 is 0 Å².